The minimum atomic E-state index is 0.0475. The first-order valence-electron chi connectivity index (χ1n) is 9.15. The van der Waals surface area contributed by atoms with Gasteiger partial charge in [0.2, 0.25) is 0 Å². The van der Waals surface area contributed by atoms with Crippen molar-refractivity contribution in [1.29, 1.82) is 0 Å². The summed E-state index contributed by atoms with van der Waals surface area (Å²) in [5, 5.41) is 3.96. The number of aryl methyl sites for hydroxylation is 2. The van der Waals surface area contributed by atoms with E-state index in [-0.39, 0.29) is 5.56 Å². The Morgan fingerprint density at radius 2 is 1.82 bits per heavy atom. The number of fused-ring (bicyclic) bond motifs is 2. The predicted octanol–water partition coefficient (Wildman–Crippen LogP) is 4.92. The summed E-state index contributed by atoms with van der Waals surface area (Å²) in [7, 11) is 0. The van der Waals surface area contributed by atoms with E-state index in [1.165, 1.54) is 0 Å². The summed E-state index contributed by atoms with van der Waals surface area (Å²) in [4.78, 5) is 21.9. The minimum absolute atomic E-state index is 0.0475. The summed E-state index contributed by atoms with van der Waals surface area (Å²) in [6, 6.07) is 18.1. The van der Waals surface area contributed by atoms with Crippen molar-refractivity contribution in [3.63, 3.8) is 0 Å². The molecule has 28 heavy (non-hydrogen) atoms. The van der Waals surface area contributed by atoms with Crippen LogP contribution in [-0.4, -0.2) is 14.5 Å². The lowest BCUT2D eigenvalue weighted by Crippen LogP contribution is -2.20. The number of para-hydroxylation sites is 1. The van der Waals surface area contributed by atoms with Crippen LogP contribution in [0.1, 0.15) is 5.69 Å². The van der Waals surface area contributed by atoms with Gasteiger partial charge in [-0.3, -0.25) is 14.8 Å². The molecular weight excluding hydrogens is 366 g/mol. The Morgan fingerprint density at radius 1 is 0.964 bits per heavy atom. The molecular formula is C23H17N3OS. The molecule has 0 N–H and O–H groups in total. The third-order valence-corrected chi connectivity index (χ3v) is 5.90. The van der Waals surface area contributed by atoms with Gasteiger partial charge in [0.1, 0.15) is 0 Å². The molecule has 0 bridgehead atoms. The highest BCUT2D eigenvalue weighted by Gasteiger charge is 2.12. The lowest BCUT2D eigenvalue weighted by atomic mass is 10.1. The molecule has 4 heterocycles. The molecule has 0 aliphatic rings. The monoisotopic (exact) mass is 383 g/mol. The Labute approximate surface area is 165 Å². The van der Waals surface area contributed by atoms with Gasteiger partial charge in [-0.05, 0) is 35.9 Å². The summed E-state index contributed by atoms with van der Waals surface area (Å²) in [5.41, 5.74) is 4.02. The highest BCUT2D eigenvalue weighted by molar-refractivity contribution is 7.17. The van der Waals surface area contributed by atoms with Gasteiger partial charge in [0, 0.05) is 58.3 Å². The topological polar surface area (TPSA) is 47.8 Å². The largest absolute Gasteiger partial charge is 0.315 e. The van der Waals surface area contributed by atoms with Crippen molar-refractivity contribution in [2.75, 3.05) is 0 Å². The van der Waals surface area contributed by atoms with E-state index in [2.05, 4.69) is 22.5 Å². The molecule has 0 amide bonds. The fourth-order valence-electron chi connectivity index (χ4n) is 3.49. The van der Waals surface area contributed by atoms with E-state index in [0.29, 0.717) is 13.0 Å². The molecule has 0 saturated heterocycles. The van der Waals surface area contributed by atoms with Crippen molar-refractivity contribution in [1.82, 2.24) is 14.5 Å². The summed E-state index contributed by atoms with van der Waals surface area (Å²) in [6.45, 7) is 0.603. The van der Waals surface area contributed by atoms with Crippen LogP contribution in [0.25, 0.3) is 32.1 Å². The SMILES string of the molecule is O=c1c2c(-c3ccncc3)csc2ccn1CCc1ccc2ccccc2n1. The number of hydrogen-bond donors (Lipinski definition) is 0. The molecule has 0 aliphatic heterocycles. The zero-order valence-corrected chi connectivity index (χ0v) is 15.9. The van der Waals surface area contributed by atoms with Crippen LogP contribution in [0.3, 0.4) is 0 Å². The van der Waals surface area contributed by atoms with Gasteiger partial charge >= 0.3 is 0 Å². The van der Waals surface area contributed by atoms with E-state index in [4.69, 9.17) is 4.98 Å². The molecule has 0 fully saturated rings. The molecule has 5 aromatic rings. The van der Waals surface area contributed by atoms with Crippen molar-refractivity contribution in [2.24, 2.45) is 0 Å². The van der Waals surface area contributed by atoms with E-state index in [1.807, 2.05) is 48.7 Å². The number of rotatable bonds is 4. The van der Waals surface area contributed by atoms with Crippen LogP contribution < -0.4 is 5.56 Å². The van der Waals surface area contributed by atoms with Crippen LogP contribution in [0, 0.1) is 0 Å². The Morgan fingerprint density at radius 3 is 2.71 bits per heavy atom. The van der Waals surface area contributed by atoms with E-state index >= 15 is 0 Å². The lowest BCUT2D eigenvalue weighted by molar-refractivity contribution is 0.667. The maximum Gasteiger partial charge on any atom is 0.259 e. The number of benzene rings is 1. The minimum Gasteiger partial charge on any atom is -0.315 e. The van der Waals surface area contributed by atoms with Gasteiger partial charge in [0.15, 0.2) is 0 Å². The van der Waals surface area contributed by atoms with Gasteiger partial charge < -0.3 is 4.57 Å². The van der Waals surface area contributed by atoms with Crippen molar-refractivity contribution in [3.8, 4) is 11.1 Å². The summed E-state index contributed by atoms with van der Waals surface area (Å²) < 4.78 is 2.80. The molecule has 136 valence electrons. The molecule has 5 heteroatoms. The highest BCUT2D eigenvalue weighted by Crippen LogP contribution is 2.31. The first kappa shape index (κ1) is 16.8. The van der Waals surface area contributed by atoms with E-state index < -0.39 is 0 Å². The summed E-state index contributed by atoms with van der Waals surface area (Å²) in [5.74, 6) is 0. The second-order valence-electron chi connectivity index (χ2n) is 6.68. The fraction of sp³-hybridized carbons (Fsp3) is 0.0870. The average Bonchev–Trinajstić information content (AvgIpc) is 3.19. The lowest BCUT2D eigenvalue weighted by Gasteiger charge is -2.07. The molecule has 0 atom stereocenters. The number of aromatic nitrogens is 3. The quantitative estimate of drug-likeness (QED) is 0.443. The summed E-state index contributed by atoms with van der Waals surface area (Å²) in [6.07, 6.45) is 6.11. The molecule has 0 aliphatic carbocycles. The summed E-state index contributed by atoms with van der Waals surface area (Å²) >= 11 is 1.60. The Bertz CT molecular complexity index is 1340. The van der Waals surface area contributed by atoms with Crippen LogP contribution >= 0.6 is 11.3 Å². The maximum absolute atomic E-state index is 13.2. The molecule has 4 aromatic heterocycles. The smallest absolute Gasteiger partial charge is 0.259 e. The zero-order valence-electron chi connectivity index (χ0n) is 15.1. The van der Waals surface area contributed by atoms with Crippen molar-refractivity contribution in [2.45, 2.75) is 13.0 Å². The fourth-order valence-corrected chi connectivity index (χ4v) is 4.44. The molecule has 0 radical (unpaired) electrons. The van der Waals surface area contributed by atoms with Crippen LogP contribution in [0.4, 0.5) is 0 Å². The molecule has 0 saturated carbocycles. The van der Waals surface area contributed by atoms with E-state index in [9.17, 15) is 4.79 Å². The standard InChI is InChI=1S/C23H17N3OS/c27-23-22-19(16-7-11-24-12-8-16)15-28-21(22)10-14-26(23)13-9-18-6-5-17-3-1-2-4-20(17)25-18/h1-8,10-12,14-15H,9,13H2. The predicted molar refractivity (Wildman–Crippen MR) is 115 cm³/mol. The van der Waals surface area contributed by atoms with Crippen LogP contribution in [0.2, 0.25) is 0 Å². The Hall–Kier alpha value is -3.31. The number of nitrogens with zero attached hydrogens (tertiary/aromatic N) is 3. The first-order chi connectivity index (χ1) is 13.8. The van der Waals surface area contributed by atoms with Gasteiger partial charge in [0.05, 0.1) is 10.9 Å². The van der Waals surface area contributed by atoms with Gasteiger partial charge in [-0.25, -0.2) is 0 Å². The molecule has 4 nitrogen and oxygen atoms in total. The highest BCUT2D eigenvalue weighted by atomic mass is 32.1. The molecule has 5 rings (SSSR count). The van der Waals surface area contributed by atoms with E-state index in [1.54, 1.807) is 28.3 Å². The van der Waals surface area contributed by atoms with Gasteiger partial charge in [-0.2, -0.15) is 0 Å². The van der Waals surface area contributed by atoms with Crippen molar-refractivity contribution < 1.29 is 0 Å². The van der Waals surface area contributed by atoms with Crippen LogP contribution in [0.15, 0.2) is 83.4 Å². The Balaban J connectivity index is 1.49. The van der Waals surface area contributed by atoms with Crippen LogP contribution in [0.5, 0.6) is 0 Å². The van der Waals surface area contributed by atoms with Crippen LogP contribution in [-0.2, 0) is 13.0 Å². The normalized spacial score (nSPS) is 11.3. The third-order valence-electron chi connectivity index (χ3n) is 4.96. The van der Waals surface area contributed by atoms with Crippen molar-refractivity contribution in [3.05, 3.63) is 94.6 Å². The van der Waals surface area contributed by atoms with Gasteiger partial charge in [-0.15, -0.1) is 11.3 Å². The average molecular weight is 383 g/mol. The second kappa shape index (κ2) is 7.02. The second-order valence-corrected chi connectivity index (χ2v) is 7.60. The number of pyridine rings is 3. The molecule has 1 aromatic carbocycles. The number of hydrogen-bond acceptors (Lipinski definition) is 4. The van der Waals surface area contributed by atoms with Crippen molar-refractivity contribution >= 4 is 32.3 Å². The van der Waals surface area contributed by atoms with Gasteiger partial charge in [-0.1, -0.05) is 24.3 Å². The van der Waals surface area contributed by atoms with Gasteiger partial charge in [0.25, 0.3) is 5.56 Å². The number of thiophene rings is 1. The third kappa shape index (κ3) is 3.00. The molecule has 0 unspecified atom stereocenters. The first-order valence-corrected chi connectivity index (χ1v) is 10.0. The molecule has 0 spiro atoms. The maximum atomic E-state index is 13.2. The zero-order chi connectivity index (χ0) is 18.9. The van der Waals surface area contributed by atoms with E-state index in [0.717, 1.165) is 37.8 Å². The Kier molecular flexibility index (Phi) is 4.22.